The van der Waals surface area contributed by atoms with E-state index in [4.69, 9.17) is 9.47 Å². The highest BCUT2D eigenvalue weighted by molar-refractivity contribution is 7.92. The summed E-state index contributed by atoms with van der Waals surface area (Å²) < 4.78 is 52.8. The summed E-state index contributed by atoms with van der Waals surface area (Å²) in [5.41, 5.74) is 1.67. The molecule has 174 valence electrons. The Labute approximate surface area is 192 Å². The highest BCUT2D eigenvalue weighted by Crippen LogP contribution is 2.35. The van der Waals surface area contributed by atoms with E-state index in [2.05, 4.69) is 10.0 Å². The molecule has 0 bridgehead atoms. The quantitative estimate of drug-likeness (QED) is 0.506. The summed E-state index contributed by atoms with van der Waals surface area (Å²) in [5, 5.41) is 2.87. The number of methoxy groups -OCH3 is 2. The molecule has 0 aliphatic carbocycles. The molecule has 3 aromatic carbocycles. The number of halogens is 1. The van der Waals surface area contributed by atoms with Gasteiger partial charge in [-0.3, -0.25) is 9.52 Å². The topological polar surface area (TPSA) is 93.7 Å². The Kier molecular flexibility index (Phi) is 7.23. The number of amides is 1. The van der Waals surface area contributed by atoms with E-state index in [0.717, 1.165) is 17.2 Å². The second kappa shape index (κ2) is 9.91. The average molecular weight is 473 g/mol. The lowest BCUT2D eigenvalue weighted by atomic mass is 10.0. The predicted molar refractivity (Wildman–Crippen MR) is 124 cm³/mol. The molecular formula is C24H25FN2O5S. The van der Waals surface area contributed by atoms with Crippen molar-refractivity contribution in [3.05, 3.63) is 83.2 Å². The van der Waals surface area contributed by atoms with Gasteiger partial charge in [0.1, 0.15) is 5.82 Å². The van der Waals surface area contributed by atoms with Crippen molar-refractivity contribution in [2.75, 3.05) is 18.9 Å². The number of para-hydroxylation sites is 1. The van der Waals surface area contributed by atoms with Crippen LogP contribution in [-0.2, 0) is 10.0 Å². The molecule has 0 heterocycles. The van der Waals surface area contributed by atoms with Gasteiger partial charge in [0, 0.05) is 6.07 Å². The fraction of sp³-hybridized carbons (Fsp3) is 0.208. The van der Waals surface area contributed by atoms with E-state index in [0.29, 0.717) is 0 Å². The molecule has 3 rings (SSSR count). The van der Waals surface area contributed by atoms with Gasteiger partial charge in [-0.2, -0.15) is 0 Å². The zero-order valence-corrected chi connectivity index (χ0v) is 19.5. The van der Waals surface area contributed by atoms with Gasteiger partial charge in [-0.25, -0.2) is 12.8 Å². The zero-order chi connectivity index (χ0) is 24.2. The lowest BCUT2D eigenvalue weighted by molar-refractivity contribution is 0.0936. The Hall–Kier alpha value is -3.59. The zero-order valence-electron chi connectivity index (χ0n) is 18.7. The highest BCUT2D eigenvalue weighted by Gasteiger charge is 2.26. The van der Waals surface area contributed by atoms with Crippen molar-refractivity contribution in [2.45, 2.75) is 24.8 Å². The first-order valence-electron chi connectivity index (χ1n) is 10.1. The van der Waals surface area contributed by atoms with E-state index < -0.39 is 21.7 Å². The number of nitrogens with one attached hydrogen (secondary N) is 2. The standard InChI is InChI=1S/C24H25FN2O5S/c1-15-9-5-6-10-18(15)16(2)26-24(28)19-13-17(14-22(31-3)23(19)32-4)33(29,30)27-21-12-8-7-11-20(21)25/h5-14,16,27H,1-4H3,(H,26,28). The molecule has 9 heteroatoms. The Morgan fingerprint density at radius 1 is 1.00 bits per heavy atom. The van der Waals surface area contributed by atoms with Crippen LogP contribution in [0.2, 0.25) is 0 Å². The molecule has 2 N–H and O–H groups in total. The van der Waals surface area contributed by atoms with Gasteiger partial charge in [0.2, 0.25) is 0 Å². The summed E-state index contributed by atoms with van der Waals surface area (Å²) in [4.78, 5) is 12.9. The van der Waals surface area contributed by atoms with Crippen LogP contribution < -0.4 is 19.5 Å². The van der Waals surface area contributed by atoms with Gasteiger partial charge in [-0.15, -0.1) is 0 Å². The fourth-order valence-electron chi connectivity index (χ4n) is 3.44. The molecular weight excluding hydrogens is 447 g/mol. The van der Waals surface area contributed by atoms with Crippen LogP contribution in [0.5, 0.6) is 11.5 Å². The maximum absolute atomic E-state index is 14.0. The number of ether oxygens (including phenoxy) is 2. The Balaban J connectivity index is 2.01. The average Bonchev–Trinajstić information content (AvgIpc) is 2.79. The molecule has 0 spiro atoms. The van der Waals surface area contributed by atoms with E-state index in [9.17, 15) is 17.6 Å². The fourth-order valence-corrected chi connectivity index (χ4v) is 4.54. The summed E-state index contributed by atoms with van der Waals surface area (Å²) in [7, 11) is -1.56. The number of anilines is 1. The summed E-state index contributed by atoms with van der Waals surface area (Å²) in [6.07, 6.45) is 0. The summed E-state index contributed by atoms with van der Waals surface area (Å²) >= 11 is 0. The van der Waals surface area contributed by atoms with Crippen LogP contribution in [0.3, 0.4) is 0 Å². The van der Waals surface area contributed by atoms with E-state index in [1.165, 1.54) is 44.6 Å². The Bertz CT molecular complexity index is 1280. The lowest BCUT2D eigenvalue weighted by Crippen LogP contribution is -2.28. The number of hydrogen-bond acceptors (Lipinski definition) is 5. The van der Waals surface area contributed by atoms with Crippen molar-refractivity contribution in [3.8, 4) is 11.5 Å². The minimum Gasteiger partial charge on any atom is -0.493 e. The van der Waals surface area contributed by atoms with E-state index in [1.54, 1.807) is 0 Å². The normalized spacial score (nSPS) is 12.0. The van der Waals surface area contributed by atoms with Crippen molar-refractivity contribution in [1.82, 2.24) is 5.32 Å². The predicted octanol–water partition coefficient (Wildman–Crippen LogP) is 4.44. The first-order chi connectivity index (χ1) is 15.7. The van der Waals surface area contributed by atoms with Gasteiger partial charge in [-0.05, 0) is 43.2 Å². The SMILES string of the molecule is COc1cc(S(=O)(=O)Nc2ccccc2F)cc(C(=O)NC(C)c2ccccc2C)c1OC. The van der Waals surface area contributed by atoms with Crippen molar-refractivity contribution < 1.29 is 27.1 Å². The Morgan fingerprint density at radius 3 is 2.30 bits per heavy atom. The molecule has 0 radical (unpaired) electrons. The molecule has 0 fully saturated rings. The molecule has 0 aliphatic rings. The number of sulfonamides is 1. The first-order valence-corrected chi connectivity index (χ1v) is 11.6. The summed E-state index contributed by atoms with van der Waals surface area (Å²) in [5.74, 6) is -1.16. The number of carbonyl (C=O) groups excluding carboxylic acids is 1. The monoisotopic (exact) mass is 472 g/mol. The number of aryl methyl sites for hydroxylation is 1. The largest absolute Gasteiger partial charge is 0.493 e. The van der Waals surface area contributed by atoms with Crippen LogP contribution in [0.15, 0.2) is 65.6 Å². The van der Waals surface area contributed by atoms with Crippen LogP contribution >= 0.6 is 0 Å². The van der Waals surface area contributed by atoms with Crippen molar-refractivity contribution in [2.24, 2.45) is 0 Å². The van der Waals surface area contributed by atoms with Crippen molar-refractivity contribution >= 4 is 21.6 Å². The maximum Gasteiger partial charge on any atom is 0.262 e. The molecule has 0 aromatic heterocycles. The minimum atomic E-state index is -4.24. The number of benzene rings is 3. The molecule has 1 unspecified atom stereocenters. The number of rotatable bonds is 8. The van der Waals surface area contributed by atoms with Crippen LogP contribution in [0.1, 0.15) is 34.5 Å². The first kappa shape index (κ1) is 24.1. The minimum absolute atomic E-state index is 0.0359. The highest BCUT2D eigenvalue weighted by atomic mass is 32.2. The van der Waals surface area contributed by atoms with E-state index >= 15 is 0 Å². The smallest absolute Gasteiger partial charge is 0.262 e. The molecule has 0 saturated carbocycles. The van der Waals surface area contributed by atoms with Gasteiger partial charge in [0.05, 0.1) is 36.4 Å². The van der Waals surface area contributed by atoms with Gasteiger partial charge >= 0.3 is 0 Å². The third-order valence-corrected chi connectivity index (χ3v) is 6.47. The molecule has 33 heavy (non-hydrogen) atoms. The Morgan fingerprint density at radius 2 is 1.67 bits per heavy atom. The molecule has 0 saturated heterocycles. The van der Waals surface area contributed by atoms with Crippen LogP contribution in [0.4, 0.5) is 10.1 Å². The van der Waals surface area contributed by atoms with Gasteiger partial charge in [0.25, 0.3) is 15.9 Å². The third-order valence-electron chi connectivity index (χ3n) is 5.13. The van der Waals surface area contributed by atoms with Gasteiger partial charge < -0.3 is 14.8 Å². The number of hydrogen-bond donors (Lipinski definition) is 2. The molecule has 3 aromatic rings. The number of carbonyl (C=O) groups is 1. The van der Waals surface area contributed by atoms with Crippen molar-refractivity contribution in [1.29, 1.82) is 0 Å². The van der Waals surface area contributed by atoms with E-state index in [-0.39, 0.29) is 33.7 Å². The molecule has 7 nitrogen and oxygen atoms in total. The van der Waals surface area contributed by atoms with Gasteiger partial charge in [0.15, 0.2) is 11.5 Å². The second-order valence-corrected chi connectivity index (χ2v) is 9.03. The maximum atomic E-state index is 14.0. The molecule has 1 amide bonds. The van der Waals surface area contributed by atoms with Crippen LogP contribution in [0.25, 0.3) is 0 Å². The summed E-state index contributed by atoms with van der Waals surface area (Å²) in [6, 6.07) is 15.0. The molecule has 1 atom stereocenters. The van der Waals surface area contributed by atoms with Crippen LogP contribution in [-0.4, -0.2) is 28.5 Å². The third kappa shape index (κ3) is 5.25. The lowest BCUT2D eigenvalue weighted by Gasteiger charge is -2.19. The van der Waals surface area contributed by atoms with Crippen LogP contribution in [0, 0.1) is 12.7 Å². The van der Waals surface area contributed by atoms with Gasteiger partial charge in [-0.1, -0.05) is 36.4 Å². The van der Waals surface area contributed by atoms with E-state index in [1.807, 2.05) is 38.1 Å². The van der Waals surface area contributed by atoms with Crippen molar-refractivity contribution in [3.63, 3.8) is 0 Å². The second-order valence-electron chi connectivity index (χ2n) is 7.34. The molecule has 0 aliphatic heterocycles. The summed E-state index contributed by atoms with van der Waals surface area (Å²) in [6.45, 7) is 3.76.